The summed E-state index contributed by atoms with van der Waals surface area (Å²) in [6.45, 7) is 2.55. The molecule has 2 aromatic rings. The number of methoxy groups -OCH3 is 1. The lowest BCUT2D eigenvalue weighted by atomic mass is 9.90. The summed E-state index contributed by atoms with van der Waals surface area (Å²) in [5.41, 5.74) is 4.53. The van der Waals surface area contributed by atoms with Gasteiger partial charge >= 0.3 is 0 Å². The fourth-order valence-corrected chi connectivity index (χ4v) is 5.18. The number of carbonyl (C=O) groups is 1. The zero-order valence-electron chi connectivity index (χ0n) is 17.7. The average molecular weight is 461 g/mol. The minimum Gasteiger partial charge on any atom is -0.493 e. The molecule has 2 saturated carbocycles. The molecule has 2 fully saturated rings. The van der Waals surface area contributed by atoms with Crippen molar-refractivity contribution >= 4 is 35.3 Å². The standard InChI is InChI=1S/C24H26Cl2N2O3/c1-24-10-4-3-5-18(24)21(24)23(29)28-27-13-16-11-19(26)22(20(12-16)30-2)31-14-15-6-8-17(25)9-7-15/h6-9,11-13,18,21H,3-5,10,14H2,1-2H3,(H,28,29)/b27-13-/t18-,21-,24+/m0/s1. The summed E-state index contributed by atoms with van der Waals surface area (Å²) in [4.78, 5) is 12.5. The van der Waals surface area contributed by atoms with Gasteiger partial charge in [-0.2, -0.15) is 5.10 Å². The van der Waals surface area contributed by atoms with E-state index in [0.29, 0.717) is 39.6 Å². The Morgan fingerprint density at radius 3 is 2.71 bits per heavy atom. The number of hydrogen-bond acceptors (Lipinski definition) is 4. The molecule has 7 heteroatoms. The fourth-order valence-electron chi connectivity index (χ4n) is 4.78. The molecule has 2 aliphatic rings. The smallest absolute Gasteiger partial charge is 0.244 e. The van der Waals surface area contributed by atoms with Crippen LogP contribution in [-0.4, -0.2) is 19.2 Å². The number of hydrogen-bond donors (Lipinski definition) is 1. The van der Waals surface area contributed by atoms with Crippen LogP contribution in [0.5, 0.6) is 11.5 Å². The summed E-state index contributed by atoms with van der Waals surface area (Å²) in [5, 5.41) is 5.22. The van der Waals surface area contributed by atoms with E-state index in [1.165, 1.54) is 12.8 Å². The second-order valence-corrected chi connectivity index (χ2v) is 9.36. The van der Waals surface area contributed by atoms with Crippen LogP contribution in [0.3, 0.4) is 0 Å². The van der Waals surface area contributed by atoms with E-state index in [2.05, 4.69) is 17.5 Å². The van der Waals surface area contributed by atoms with Crippen LogP contribution in [0.25, 0.3) is 0 Å². The van der Waals surface area contributed by atoms with Crippen molar-refractivity contribution in [1.29, 1.82) is 0 Å². The van der Waals surface area contributed by atoms with E-state index in [0.717, 1.165) is 18.4 Å². The molecule has 0 radical (unpaired) electrons. The molecule has 1 N–H and O–H groups in total. The number of carbonyl (C=O) groups excluding carboxylic acids is 1. The third kappa shape index (κ3) is 4.68. The Bertz CT molecular complexity index is 993. The molecule has 2 aliphatic carbocycles. The number of nitrogens with one attached hydrogen (secondary N) is 1. The second kappa shape index (κ2) is 9.09. The van der Waals surface area contributed by atoms with Crippen LogP contribution < -0.4 is 14.9 Å². The lowest BCUT2D eigenvalue weighted by molar-refractivity contribution is -0.123. The Kier molecular flexibility index (Phi) is 6.44. The molecule has 0 unspecified atom stereocenters. The van der Waals surface area contributed by atoms with Gasteiger partial charge in [-0.15, -0.1) is 0 Å². The number of fused-ring (bicyclic) bond motifs is 1. The number of benzene rings is 2. The highest BCUT2D eigenvalue weighted by Crippen LogP contribution is 2.66. The first-order valence-electron chi connectivity index (χ1n) is 10.5. The molecule has 5 nitrogen and oxygen atoms in total. The molecule has 31 heavy (non-hydrogen) atoms. The molecule has 2 aromatic carbocycles. The Morgan fingerprint density at radius 1 is 1.26 bits per heavy atom. The molecular formula is C24H26Cl2N2O3. The number of rotatable bonds is 7. The number of halogens is 2. The lowest BCUT2D eigenvalue weighted by Gasteiger charge is -2.15. The first-order valence-corrected chi connectivity index (χ1v) is 11.3. The first-order chi connectivity index (χ1) is 14.9. The van der Waals surface area contributed by atoms with Crippen molar-refractivity contribution in [2.75, 3.05) is 7.11 Å². The van der Waals surface area contributed by atoms with Gasteiger partial charge in [0, 0.05) is 10.9 Å². The molecule has 0 heterocycles. The largest absolute Gasteiger partial charge is 0.493 e. The van der Waals surface area contributed by atoms with Crippen LogP contribution in [0.2, 0.25) is 10.0 Å². The summed E-state index contributed by atoms with van der Waals surface area (Å²) in [6, 6.07) is 10.9. The van der Waals surface area contributed by atoms with Crippen molar-refractivity contribution < 1.29 is 14.3 Å². The third-order valence-corrected chi connectivity index (χ3v) is 7.08. The Balaban J connectivity index is 1.39. The van der Waals surface area contributed by atoms with Crippen molar-refractivity contribution in [2.45, 2.75) is 39.2 Å². The second-order valence-electron chi connectivity index (χ2n) is 8.52. The maximum Gasteiger partial charge on any atom is 0.244 e. The maximum atomic E-state index is 12.5. The summed E-state index contributed by atoms with van der Waals surface area (Å²) < 4.78 is 11.3. The summed E-state index contributed by atoms with van der Waals surface area (Å²) >= 11 is 12.4. The van der Waals surface area contributed by atoms with E-state index in [9.17, 15) is 4.79 Å². The van der Waals surface area contributed by atoms with Crippen LogP contribution in [0.1, 0.15) is 43.7 Å². The molecule has 4 rings (SSSR count). The Morgan fingerprint density at radius 2 is 2.03 bits per heavy atom. The van der Waals surface area contributed by atoms with Crippen molar-refractivity contribution in [3.63, 3.8) is 0 Å². The van der Waals surface area contributed by atoms with Gasteiger partial charge in [0.2, 0.25) is 5.91 Å². The normalized spacial score (nSPS) is 24.5. The van der Waals surface area contributed by atoms with Crippen LogP contribution in [0.4, 0.5) is 0 Å². The van der Waals surface area contributed by atoms with E-state index < -0.39 is 0 Å². The first kappa shape index (κ1) is 22.0. The number of nitrogens with zero attached hydrogens (tertiary/aromatic N) is 1. The predicted molar refractivity (Wildman–Crippen MR) is 123 cm³/mol. The number of ether oxygens (including phenoxy) is 2. The molecule has 0 saturated heterocycles. The van der Waals surface area contributed by atoms with E-state index in [4.69, 9.17) is 32.7 Å². The van der Waals surface area contributed by atoms with Gasteiger partial charge in [-0.1, -0.05) is 55.1 Å². The van der Waals surface area contributed by atoms with Gasteiger partial charge in [-0.3, -0.25) is 4.79 Å². The number of amides is 1. The molecule has 3 atom stereocenters. The van der Waals surface area contributed by atoms with Crippen molar-refractivity contribution in [1.82, 2.24) is 5.43 Å². The third-order valence-electron chi connectivity index (χ3n) is 6.55. The zero-order valence-corrected chi connectivity index (χ0v) is 19.2. The zero-order chi connectivity index (χ0) is 22.0. The minimum absolute atomic E-state index is 0.00614. The fraction of sp³-hybridized carbons (Fsp3) is 0.417. The van der Waals surface area contributed by atoms with Crippen molar-refractivity contribution in [2.24, 2.45) is 22.4 Å². The molecule has 164 valence electrons. The van der Waals surface area contributed by atoms with E-state index in [1.54, 1.807) is 25.5 Å². The van der Waals surface area contributed by atoms with Gasteiger partial charge in [-0.05, 0) is 59.6 Å². The maximum absolute atomic E-state index is 12.5. The average Bonchev–Trinajstić information content (AvgIpc) is 3.39. The Hall–Kier alpha value is -2.24. The van der Waals surface area contributed by atoms with E-state index in [-0.39, 0.29) is 17.2 Å². The Labute approximate surface area is 192 Å². The lowest BCUT2D eigenvalue weighted by Crippen LogP contribution is -2.22. The summed E-state index contributed by atoms with van der Waals surface area (Å²) in [7, 11) is 1.55. The SMILES string of the molecule is COc1cc(/C=N\NC(=O)[C@@H]2[C@@H]3CCCC[C@@]23C)cc(Cl)c1OCc1ccc(Cl)cc1. The molecule has 1 amide bonds. The van der Waals surface area contributed by atoms with Crippen LogP contribution in [-0.2, 0) is 11.4 Å². The van der Waals surface area contributed by atoms with Gasteiger partial charge in [0.05, 0.1) is 18.3 Å². The molecule has 0 aliphatic heterocycles. The van der Waals surface area contributed by atoms with Crippen LogP contribution in [0, 0.1) is 17.3 Å². The van der Waals surface area contributed by atoms with Crippen LogP contribution in [0.15, 0.2) is 41.5 Å². The highest BCUT2D eigenvalue weighted by Gasteiger charge is 2.64. The van der Waals surface area contributed by atoms with Crippen molar-refractivity contribution in [3.8, 4) is 11.5 Å². The number of hydrazone groups is 1. The highest BCUT2D eigenvalue weighted by atomic mass is 35.5. The highest BCUT2D eigenvalue weighted by molar-refractivity contribution is 6.32. The summed E-state index contributed by atoms with van der Waals surface area (Å²) in [5.74, 6) is 1.54. The van der Waals surface area contributed by atoms with Gasteiger partial charge in [0.1, 0.15) is 6.61 Å². The van der Waals surface area contributed by atoms with E-state index in [1.807, 2.05) is 24.3 Å². The van der Waals surface area contributed by atoms with E-state index >= 15 is 0 Å². The van der Waals surface area contributed by atoms with Gasteiger partial charge in [0.25, 0.3) is 0 Å². The molecular weight excluding hydrogens is 435 g/mol. The molecule has 0 bridgehead atoms. The minimum atomic E-state index is 0.00614. The van der Waals surface area contributed by atoms with Crippen molar-refractivity contribution in [3.05, 3.63) is 57.6 Å². The quantitative estimate of drug-likeness (QED) is 0.415. The molecule has 0 aromatic heterocycles. The monoisotopic (exact) mass is 460 g/mol. The van der Waals surface area contributed by atoms with Gasteiger partial charge < -0.3 is 9.47 Å². The van der Waals surface area contributed by atoms with Gasteiger partial charge in [-0.25, -0.2) is 5.43 Å². The van der Waals surface area contributed by atoms with Crippen LogP contribution >= 0.6 is 23.2 Å². The topological polar surface area (TPSA) is 59.9 Å². The van der Waals surface area contributed by atoms with Gasteiger partial charge in [0.15, 0.2) is 11.5 Å². The molecule has 0 spiro atoms. The predicted octanol–water partition coefficient (Wildman–Crippen LogP) is 5.86. The summed E-state index contributed by atoms with van der Waals surface area (Å²) in [6.07, 6.45) is 6.28.